The van der Waals surface area contributed by atoms with Crippen molar-refractivity contribution in [1.82, 2.24) is 9.78 Å². The summed E-state index contributed by atoms with van der Waals surface area (Å²) in [4.78, 5) is 0. The molecule has 6 heteroatoms. The number of aryl methyl sites for hydroxylation is 2. The van der Waals surface area contributed by atoms with Crippen molar-refractivity contribution in [3.63, 3.8) is 0 Å². The Kier molecular flexibility index (Phi) is 3.61. The largest absolute Gasteiger partial charge is 0.409 e. The van der Waals surface area contributed by atoms with Crippen LogP contribution < -0.4 is 5.73 Å². The Labute approximate surface area is 119 Å². The van der Waals surface area contributed by atoms with Gasteiger partial charge in [0.15, 0.2) is 5.84 Å². The molecule has 0 aliphatic rings. The molecule has 100 valence electrons. The molecule has 0 amide bonds. The zero-order valence-electron chi connectivity index (χ0n) is 11.0. The van der Waals surface area contributed by atoms with Crippen molar-refractivity contribution in [3.05, 3.63) is 45.2 Å². The standard InChI is InChI=1S/C13H15BrN4O/c1-7-4-5-10(13(15)17-19)11(6-7)18-9(3)12(14)8(2)16-18/h4-6,19H,1-3H3,(H2,15,17). The Hall–Kier alpha value is -1.82. The number of aromatic nitrogens is 2. The maximum Gasteiger partial charge on any atom is 0.172 e. The number of nitrogens with zero attached hydrogens (tertiary/aromatic N) is 3. The molecule has 0 radical (unpaired) electrons. The molecule has 1 heterocycles. The summed E-state index contributed by atoms with van der Waals surface area (Å²) in [6, 6.07) is 5.70. The molecular formula is C13H15BrN4O. The van der Waals surface area contributed by atoms with Gasteiger partial charge in [0.05, 0.1) is 21.5 Å². The lowest BCUT2D eigenvalue weighted by atomic mass is 10.1. The van der Waals surface area contributed by atoms with Crippen LogP contribution in [0.2, 0.25) is 0 Å². The summed E-state index contributed by atoms with van der Waals surface area (Å²) in [5.74, 6) is 0.0682. The van der Waals surface area contributed by atoms with Gasteiger partial charge in [0.2, 0.25) is 0 Å². The SMILES string of the molecule is Cc1ccc(C(N)=NO)c(-n2nc(C)c(Br)c2C)c1. The Morgan fingerprint density at radius 3 is 2.58 bits per heavy atom. The topological polar surface area (TPSA) is 76.4 Å². The zero-order valence-corrected chi connectivity index (χ0v) is 12.6. The summed E-state index contributed by atoms with van der Waals surface area (Å²) < 4.78 is 2.75. The molecule has 0 bridgehead atoms. The smallest absolute Gasteiger partial charge is 0.172 e. The van der Waals surface area contributed by atoms with E-state index in [0.717, 1.165) is 27.1 Å². The molecule has 1 aromatic carbocycles. The third kappa shape index (κ3) is 2.35. The van der Waals surface area contributed by atoms with E-state index >= 15 is 0 Å². The second kappa shape index (κ2) is 5.05. The summed E-state index contributed by atoms with van der Waals surface area (Å²) in [6.45, 7) is 5.87. The first-order valence-corrected chi connectivity index (χ1v) is 6.55. The van der Waals surface area contributed by atoms with Gasteiger partial charge in [0, 0.05) is 5.56 Å². The molecule has 0 unspecified atom stereocenters. The van der Waals surface area contributed by atoms with E-state index in [4.69, 9.17) is 10.9 Å². The minimum absolute atomic E-state index is 0.0682. The van der Waals surface area contributed by atoms with Gasteiger partial charge in [-0.2, -0.15) is 5.10 Å². The fraction of sp³-hybridized carbons (Fsp3) is 0.231. The van der Waals surface area contributed by atoms with Crippen molar-refractivity contribution in [2.45, 2.75) is 20.8 Å². The second-order valence-corrected chi connectivity index (χ2v) is 5.20. The van der Waals surface area contributed by atoms with Crippen LogP contribution in [0, 0.1) is 20.8 Å². The number of rotatable bonds is 2. The fourth-order valence-corrected chi connectivity index (χ4v) is 2.19. The van der Waals surface area contributed by atoms with Crippen LogP contribution in [-0.2, 0) is 0 Å². The highest BCUT2D eigenvalue weighted by molar-refractivity contribution is 9.10. The maximum atomic E-state index is 8.88. The van der Waals surface area contributed by atoms with Crippen molar-refractivity contribution in [1.29, 1.82) is 0 Å². The van der Waals surface area contributed by atoms with Gasteiger partial charge in [0.1, 0.15) is 0 Å². The van der Waals surface area contributed by atoms with E-state index in [-0.39, 0.29) is 5.84 Å². The molecular weight excluding hydrogens is 308 g/mol. The summed E-state index contributed by atoms with van der Waals surface area (Å²) in [7, 11) is 0. The quantitative estimate of drug-likeness (QED) is 0.386. The number of benzene rings is 1. The third-order valence-corrected chi connectivity index (χ3v) is 4.12. The number of oxime groups is 1. The number of hydrogen-bond acceptors (Lipinski definition) is 3. The highest BCUT2D eigenvalue weighted by Crippen LogP contribution is 2.25. The normalized spacial score (nSPS) is 11.9. The van der Waals surface area contributed by atoms with E-state index in [1.807, 2.05) is 39.0 Å². The van der Waals surface area contributed by atoms with Gasteiger partial charge in [-0.1, -0.05) is 11.2 Å². The molecule has 1 aromatic heterocycles. The molecule has 0 saturated heterocycles. The van der Waals surface area contributed by atoms with E-state index in [1.165, 1.54) is 0 Å². The number of hydrogen-bond donors (Lipinski definition) is 2. The number of halogens is 1. The Balaban J connectivity index is 2.73. The van der Waals surface area contributed by atoms with Crippen LogP contribution in [-0.4, -0.2) is 20.8 Å². The van der Waals surface area contributed by atoms with Gasteiger partial charge in [-0.15, -0.1) is 0 Å². The van der Waals surface area contributed by atoms with Crippen molar-refractivity contribution >= 4 is 21.8 Å². The lowest BCUT2D eigenvalue weighted by molar-refractivity contribution is 0.318. The molecule has 0 aliphatic carbocycles. The highest BCUT2D eigenvalue weighted by atomic mass is 79.9. The monoisotopic (exact) mass is 322 g/mol. The van der Waals surface area contributed by atoms with Crippen molar-refractivity contribution in [2.75, 3.05) is 0 Å². The first kappa shape index (κ1) is 13.6. The summed E-state index contributed by atoms with van der Waals surface area (Å²) >= 11 is 3.50. The van der Waals surface area contributed by atoms with E-state index in [0.29, 0.717) is 5.56 Å². The number of amidine groups is 1. The van der Waals surface area contributed by atoms with E-state index in [9.17, 15) is 0 Å². The van der Waals surface area contributed by atoms with Crippen LogP contribution >= 0.6 is 15.9 Å². The average molecular weight is 323 g/mol. The highest BCUT2D eigenvalue weighted by Gasteiger charge is 2.15. The molecule has 0 spiro atoms. The first-order chi connectivity index (χ1) is 8.95. The predicted octanol–water partition coefficient (Wildman–Crippen LogP) is 2.65. The Bertz CT molecular complexity index is 661. The fourth-order valence-electron chi connectivity index (χ4n) is 1.95. The van der Waals surface area contributed by atoms with Crippen molar-refractivity contribution < 1.29 is 5.21 Å². The van der Waals surface area contributed by atoms with Gasteiger partial charge in [-0.25, -0.2) is 4.68 Å². The van der Waals surface area contributed by atoms with Gasteiger partial charge in [-0.05, 0) is 54.4 Å². The first-order valence-electron chi connectivity index (χ1n) is 5.76. The van der Waals surface area contributed by atoms with Crippen molar-refractivity contribution in [2.24, 2.45) is 10.9 Å². The predicted molar refractivity (Wildman–Crippen MR) is 78.0 cm³/mol. The van der Waals surface area contributed by atoms with Crippen LogP contribution in [0.3, 0.4) is 0 Å². The molecule has 5 nitrogen and oxygen atoms in total. The third-order valence-electron chi connectivity index (χ3n) is 2.97. The average Bonchev–Trinajstić information content (AvgIpc) is 2.65. The van der Waals surface area contributed by atoms with Gasteiger partial charge in [-0.3, -0.25) is 0 Å². The summed E-state index contributed by atoms with van der Waals surface area (Å²) in [5, 5.41) is 16.4. The van der Waals surface area contributed by atoms with Gasteiger partial charge >= 0.3 is 0 Å². The molecule has 0 aliphatic heterocycles. The molecule has 2 aromatic rings. The second-order valence-electron chi connectivity index (χ2n) is 4.40. The Morgan fingerprint density at radius 1 is 1.37 bits per heavy atom. The molecule has 3 N–H and O–H groups in total. The van der Waals surface area contributed by atoms with Crippen molar-refractivity contribution in [3.8, 4) is 5.69 Å². The number of nitrogens with two attached hydrogens (primary N) is 1. The maximum absolute atomic E-state index is 8.88. The van der Waals surface area contributed by atoms with Crippen LogP contribution in [0.15, 0.2) is 27.8 Å². The van der Waals surface area contributed by atoms with Crippen LogP contribution in [0.25, 0.3) is 5.69 Å². The van der Waals surface area contributed by atoms with E-state index in [2.05, 4.69) is 26.2 Å². The lowest BCUT2D eigenvalue weighted by Gasteiger charge is -2.11. The minimum atomic E-state index is 0.0682. The summed E-state index contributed by atoms with van der Waals surface area (Å²) in [6.07, 6.45) is 0. The molecule has 0 fully saturated rings. The molecule has 19 heavy (non-hydrogen) atoms. The minimum Gasteiger partial charge on any atom is -0.409 e. The Morgan fingerprint density at radius 2 is 2.05 bits per heavy atom. The van der Waals surface area contributed by atoms with E-state index in [1.54, 1.807) is 4.68 Å². The van der Waals surface area contributed by atoms with Gasteiger partial charge in [0.25, 0.3) is 0 Å². The van der Waals surface area contributed by atoms with Crippen LogP contribution in [0.4, 0.5) is 0 Å². The molecule has 2 rings (SSSR count). The zero-order chi connectivity index (χ0) is 14.2. The van der Waals surface area contributed by atoms with Crippen LogP contribution in [0.5, 0.6) is 0 Å². The molecule has 0 atom stereocenters. The summed E-state index contributed by atoms with van der Waals surface area (Å²) in [5.41, 5.74) is 10.1. The van der Waals surface area contributed by atoms with Crippen LogP contribution in [0.1, 0.15) is 22.5 Å². The van der Waals surface area contributed by atoms with Gasteiger partial charge < -0.3 is 10.9 Å². The van der Waals surface area contributed by atoms with E-state index < -0.39 is 0 Å². The lowest BCUT2D eigenvalue weighted by Crippen LogP contribution is -2.17. The molecule has 0 saturated carbocycles.